The fourth-order valence-corrected chi connectivity index (χ4v) is 5.49. The van der Waals surface area contributed by atoms with Crippen LogP contribution in [0.4, 0.5) is 0 Å². The predicted octanol–water partition coefficient (Wildman–Crippen LogP) is 7.43. The summed E-state index contributed by atoms with van der Waals surface area (Å²) in [6.45, 7) is 1.32. The highest BCUT2D eigenvalue weighted by Crippen LogP contribution is 2.50. The van der Waals surface area contributed by atoms with E-state index in [1.165, 1.54) is 0 Å². The Balaban J connectivity index is 1.55. The van der Waals surface area contributed by atoms with Crippen LogP contribution in [0.15, 0.2) is 127 Å². The van der Waals surface area contributed by atoms with Gasteiger partial charge in [-0.25, -0.2) is 4.79 Å². The lowest BCUT2D eigenvalue weighted by Crippen LogP contribution is -2.36. The van der Waals surface area contributed by atoms with E-state index in [9.17, 15) is 4.79 Å². The molecule has 0 N–H and O–H groups in total. The van der Waals surface area contributed by atoms with Crippen LogP contribution in [-0.4, -0.2) is 39.5 Å². The number of benzene rings is 5. The van der Waals surface area contributed by atoms with Crippen LogP contribution in [0.1, 0.15) is 16.7 Å². The molecular weight excluding hydrogens is 524 g/mol. The van der Waals surface area contributed by atoms with E-state index in [1.54, 1.807) is 7.11 Å². The molecule has 210 valence electrons. The van der Waals surface area contributed by atoms with Crippen molar-refractivity contribution in [3.63, 3.8) is 0 Å². The highest BCUT2D eigenvalue weighted by atomic mass is 16.6. The maximum atomic E-state index is 14.0. The number of methoxy groups -OCH3 is 1. The smallest absolute Gasteiger partial charge is 0.338 e. The summed E-state index contributed by atoms with van der Waals surface area (Å²) in [5.74, 6) is 0.212. The molecule has 5 heteroatoms. The van der Waals surface area contributed by atoms with Gasteiger partial charge < -0.3 is 18.9 Å². The van der Waals surface area contributed by atoms with Crippen molar-refractivity contribution < 1.29 is 23.7 Å². The van der Waals surface area contributed by atoms with Crippen molar-refractivity contribution in [2.24, 2.45) is 0 Å². The second-order valence-corrected chi connectivity index (χ2v) is 10.1. The topological polar surface area (TPSA) is 54.0 Å². The van der Waals surface area contributed by atoms with Crippen molar-refractivity contribution in [2.45, 2.75) is 5.60 Å². The Kier molecular flexibility index (Phi) is 8.13. The van der Waals surface area contributed by atoms with E-state index in [2.05, 4.69) is 30.3 Å². The van der Waals surface area contributed by atoms with E-state index < -0.39 is 11.6 Å². The molecule has 6 rings (SSSR count). The molecule has 0 fully saturated rings. The molecule has 1 aliphatic heterocycles. The van der Waals surface area contributed by atoms with Gasteiger partial charge >= 0.3 is 5.97 Å². The Hall–Kier alpha value is -4.71. The van der Waals surface area contributed by atoms with Crippen LogP contribution in [0.2, 0.25) is 0 Å². The third-order valence-electron chi connectivity index (χ3n) is 7.50. The van der Waals surface area contributed by atoms with Crippen molar-refractivity contribution in [3.8, 4) is 16.9 Å². The van der Waals surface area contributed by atoms with Gasteiger partial charge in [-0.05, 0) is 28.7 Å². The minimum Gasteiger partial charge on any atom is -0.472 e. The fourth-order valence-electron chi connectivity index (χ4n) is 5.49. The van der Waals surface area contributed by atoms with Crippen LogP contribution in [0.5, 0.6) is 5.75 Å². The molecule has 0 aliphatic carbocycles. The summed E-state index contributed by atoms with van der Waals surface area (Å²) < 4.78 is 23.5. The van der Waals surface area contributed by atoms with Gasteiger partial charge in [0.05, 0.1) is 25.4 Å². The maximum absolute atomic E-state index is 14.0. The highest BCUT2D eigenvalue weighted by Gasteiger charge is 2.42. The van der Waals surface area contributed by atoms with Gasteiger partial charge in [0.15, 0.2) is 5.60 Å². The van der Waals surface area contributed by atoms with Crippen LogP contribution in [0.3, 0.4) is 0 Å². The second kappa shape index (κ2) is 12.4. The van der Waals surface area contributed by atoms with Crippen LogP contribution in [-0.2, 0) is 24.6 Å². The fraction of sp³-hybridized carbons (Fsp3) is 0.162. The summed E-state index contributed by atoms with van der Waals surface area (Å²) in [6, 6.07) is 40.4. The molecule has 1 aliphatic rings. The molecule has 0 atom stereocenters. The Morgan fingerprint density at radius 3 is 1.88 bits per heavy atom. The number of esters is 1. The van der Waals surface area contributed by atoms with Gasteiger partial charge in [0.2, 0.25) is 0 Å². The minimum atomic E-state index is -1.06. The number of carbonyl (C=O) groups is 1. The zero-order chi connectivity index (χ0) is 28.8. The first-order valence-electron chi connectivity index (χ1n) is 14.1. The van der Waals surface area contributed by atoms with Crippen molar-refractivity contribution in [1.82, 2.24) is 0 Å². The molecule has 0 amide bonds. The number of hydrogen-bond donors (Lipinski definition) is 0. The first kappa shape index (κ1) is 27.5. The monoisotopic (exact) mass is 556 g/mol. The van der Waals surface area contributed by atoms with Crippen molar-refractivity contribution in [3.05, 3.63) is 144 Å². The van der Waals surface area contributed by atoms with Crippen LogP contribution >= 0.6 is 0 Å². The van der Waals surface area contributed by atoms with Crippen LogP contribution in [0.25, 0.3) is 27.5 Å². The summed E-state index contributed by atoms with van der Waals surface area (Å²) in [4.78, 5) is 14.0. The molecule has 0 saturated carbocycles. The van der Waals surface area contributed by atoms with Gasteiger partial charge in [0.25, 0.3) is 0 Å². The third kappa shape index (κ3) is 5.32. The number of carbonyl (C=O) groups excluding carboxylic acids is 1. The minimum absolute atomic E-state index is 0.124. The molecular formula is C37H32O5. The van der Waals surface area contributed by atoms with Gasteiger partial charge in [-0.1, -0.05) is 115 Å². The molecule has 5 aromatic rings. The molecule has 5 nitrogen and oxygen atoms in total. The Labute approximate surface area is 245 Å². The van der Waals surface area contributed by atoms with Gasteiger partial charge in [0, 0.05) is 29.2 Å². The highest BCUT2D eigenvalue weighted by molar-refractivity contribution is 6.20. The normalized spacial score (nSPS) is 13.6. The number of hydrogen-bond acceptors (Lipinski definition) is 5. The van der Waals surface area contributed by atoms with Gasteiger partial charge in [0.1, 0.15) is 12.4 Å². The second-order valence-electron chi connectivity index (χ2n) is 10.1. The Morgan fingerprint density at radius 2 is 1.24 bits per heavy atom. The molecule has 0 saturated heterocycles. The van der Waals surface area contributed by atoms with Gasteiger partial charge in [-0.2, -0.15) is 0 Å². The van der Waals surface area contributed by atoms with E-state index in [4.69, 9.17) is 18.9 Å². The molecule has 42 heavy (non-hydrogen) atoms. The average Bonchev–Trinajstić information content (AvgIpc) is 3.06. The zero-order valence-electron chi connectivity index (χ0n) is 23.5. The molecule has 5 aromatic carbocycles. The summed E-state index contributed by atoms with van der Waals surface area (Å²) in [5.41, 5.74) is 3.97. The van der Waals surface area contributed by atoms with E-state index in [-0.39, 0.29) is 13.2 Å². The van der Waals surface area contributed by atoms with E-state index >= 15 is 0 Å². The molecule has 1 heterocycles. The molecule has 0 spiro atoms. The zero-order valence-corrected chi connectivity index (χ0v) is 23.5. The van der Waals surface area contributed by atoms with Crippen molar-refractivity contribution in [2.75, 3.05) is 33.5 Å². The Morgan fingerprint density at radius 1 is 0.667 bits per heavy atom. The van der Waals surface area contributed by atoms with Crippen molar-refractivity contribution in [1.29, 1.82) is 0 Å². The first-order valence-corrected chi connectivity index (χ1v) is 14.1. The van der Waals surface area contributed by atoms with E-state index in [0.717, 1.165) is 33.0 Å². The standard InChI is InChI=1S/C37H32O5/c1-39-21-22-40-23-24-41-36(38)34-26-37(28-15-7-3-8-16-28,29-17-9-4-10-18-29)42-35-31-20-12-11-19-30(31)32(25-33(34)35)27-13-5-2-6-14-27/h2-20,25-26H,21-24H2,1H3. The maximum Gasteiger partial charge on any atom is 0.338 e. The van der Waals surface area contributed by atoms with E-state index in [1.807, 2.05) is 97.1 Å². The molecule has 0 bridgehead atoms. The third-order valence-corrected chi connectivity index (χ3v) is 7.50. The largest absolute Gasteiger partial charge is 0.472 e. The SMILES string of the molecule is COCCOCCOC(=O)C1=CC(c2ccccc2)(c2ccccc2)Oc2c1cc(-c1ccccc1)c1ccccc21. The van der Waals surface area contributed by atoms with Crippen molar-refractivity contribution >= 4 is 22.3 Å². The van der Waals surface area contributed by atoms with E-state index in [0.29, 0.717) is 30.1 Å². The lowest BCUT2D eigenvalue weighted by atomic mass is 9.80. The summed E-state index contributed by atoms with van der Waals surface area (Å²) in [6.07, 6.45) is 1.91. The number of rotatable bonds is 10. The average molecular weight is 557 g/mol. The Bertz CT molecular complexity index is 1660. The van der Waals surface area contributed by atoms with Crippen LogP contribution < -0.4 is 4.74 Å². The summed E-state index contributed by atoms with van der Waals surface area (Å²) >= 11 is 0. The molecule has 0 unspecified atom stereocenters. The summed E-state index contributed by atoms with van der Waals surface area (Å²) in [5, 5.41) is 1.96. The van der Waals surface area contributed by atoms with Crippen LogP contribution in [0, 0.1) is 0 Å². The van der Waals surface area contributed by atoms with Gasteiger partial charge in [-0.15, -0.1) is 0 Å². The quantitative estimate of drug-likeness (QED) is 0.132. The predicted molar refractivity (Wildman–Crippen MR) is 165 cm³/mol. The first-order chi connectivity index (χ1) is 20.7. The molecule has 0 aromatic heterocycles. The molecule has 0 radical (unpaired) electrons. The van der Waals surface area contributed by atoms with Gasteiger partial charge in [-0.3, -0.25) is 0 Å². The number of fused-ring (bicyclic) bond motifs is 3. The number of ether oxygens (including phenoxy) is 4. The lowest BCUT2D eigenvalue weighted by molar-refractivity contribution is -0.138. The summed E-state index contributed by atoms with van der Waals surface area (Å²) in [7, 11) is 1.62. The lowest BCUT2D eigenvalue weighted by Gasteiger charge is -2.38.